The maximum atomic E-state index is 12.9. The number of likely N-dealkylation sites (tertiary alicyclic amines) is 1. The SMILES string of the molecule is O=C(O)C1CCN(C(=O)NCc2ccc(Oc3ccc(F)cc3)cc2)CC1. The summed E-state index contributed by atoms with van der Waals surface area (Å²) in [5.41, 5.74) is 0.912. The zero-order valence-electron chi connectivity index (χ0n) is 14.7. The summed E-state index contributed by atoms with van der Waals surface area (Å²) in [4.78, 5) is 24.8. The number of halogens is 1. The number of carbonyl (C=O) groups is 2. The number of benzene rings is 2. The van der Waals surface area contributed by atoms with E-state index in [-0.39, 0.29) is 17.8 Å². The van der Waals surface area contributed by atoms with Crippen LogP contribution in [0.5, 0.6) is 11.5 Å². The Labute approximate surface area is 156 Å². The Bertz CT molecular complexity index is 785. The van der Waals surface area contributed by atoms with Gasteiger partial charge in [-0.3, -0.25) is 4.79 Å². The number of aliphatic carboxylic acids is 1. The van der Waals surface area contributed by atoms with E-state index < -0.39 is 5.97 Å². The van der Waals surface area contributed by atoms with Gasteiger partial charge in [0.05, 0.1) is 5.92 Å². The number of nitrogens with zero attached hydrogens (tertiary/aromatic N) is 1. The highest BCUT2D eigenvalue weighted by Gasteiger charge is 2.26. The standard InChI is InChI=1S/C20H21FN2O4/c21-16-3-7-18(8-4-16)27-17-5-1-14(2-6-17)13-22-20(26)23-11-9-15(10-12-23)19(24)25/h1-8,15H,9-13H2,(H,22,26)(H,24,25). The lowest BCUT2D eigenvalue weighted by Gasteiger charge is -2.30. The van der Waals surface area contributed by atoms with Crippen LogP contribution >= 0.6 is 0 Å². The molecule has 0 aliphatic carbocycles. The number of carboxylic acid groups (broad SMARTS) is 1. The Balaban J connectivity index is 1.46. The molecule has 1 aliphatic rings. The number of rotatable bonds is 5. The predicted molar refractivity (Wildman–Crippen MR) is 97.1 cm³/mol. The molecule has 3 rings (SSSR count). The number of carbonyl (C=O) groups excluding carboxylic acids is 1. The third-order valence-electron chi connectivity index (χ3n) is 4.55. The van der Waals surface area contributed by atoms with Gasteiger partial charge in [0.1, 0.15) is 17.3 Å². The Morgan fingerprint density at radius 2 is 1.59 bits per heavy atom. The molecular formula is C20H21FN2O4. The molecule has 0 atom stereocenters. The van der Waals surface area contributed by atoms with Crippen molar-refractivity contribution in [1.29, 1.82) is 0 Å². The van der Waals surface area contributed by atoms with E-state index >= 15 is 0 Å². The van der Waals surface area contributed by atoms with Gasteiger partial charge in [-0.1, -0.05) is 12.1 Å². The molecule has 27 heavy (non-hydrogen) atoms. The molecule has 6 nitrogen and oxygen atoms in total. The average Bonchev–Trinajstić information content (AvgIpc) is 2.69. The fourth-order valence-corrected chi connectivity index (χ4v) is 2.93. The van der Waals surface area contributed by atoms with Gasteiger partial charge in [-0.15, -0.1) is 0 Å². The van der Waals surface area contributed by atoms with E-state index in [0.29, 0.717) is 44.0 Å². The van der Waals surface area contributed by atoms with Gasteiger partial charge < -0.3 is 20.1 Å². The number of amides is 2. The molecule has 2 aromatic carbocycles. The van der Waals surface area contributed by atoms with Crippen LogP contribution in [-0.4, -0.2) is 35.1 Å². The van der Waals surface area contributed by atoms with E-state index in [1.54, 1.807) is 29.2 Å². The van der Waals surface area contributed by atoms with Crippen molar-refractivity contribution < 1.29 is 23.8 Å². The predicted octanol–water partition coefficient (Wildman–Crippen LogP) is 3.62. The molecule has 0 saturated carbocycles. The number of piperidine rings is 1. The fraction of sp³-hybridized carbons (Fsp3) is 0.300. The highest BCUT2D eigenvalue weighted by Crippen LogP contribution is 2.22. The third-order valence-corrected chi connectivity index (χ3v) is 4.55. The molecular weight excluding hydrogens is 351 g/mol. The second kappa shape index (κ2) is 8.53. The van der Waals surface area contributed by atoms with Crippen LogP contribution in [0.2, 0.25) is 0 Å². The quantitative estimate of drug-likeness (QED) is 0.840. The summed E-state index contributed by atoms with van der Waals surface area (Å²) in [6.07, 6.45) is 0.969. The fourth-order valence-electron chi connectivity index (χ4n) is 2.93. The second-order valence-corrected chi connectivity index (χ2v) is 6.46. The van der Waals surface area contributed by atoms with Gasteiger partial charge in [0, 0.05) is 19.6 Å². The number of urea groups is 1. The highest BCUT2D eigenvalue weighted by molar-refractivity contribution is 5.75. The molecule has 0 spiro atoms. The molecule has 7 heteroatoms. The van der Waals surface area contributed by atoms with Gasteiger partial charge in [0.2, 0.25) is 0 Å². The minimum Gasteiger partial charge on any atom is -0.481 e. The van der Waals surface area contributed by atoms with Gasteiger partial charge in [-0.25, -0.2) is 9.18 Å². The van der Waals surface area contributed by atoms with Crippen LogP contribution in [0.3, 0.4) is 0 Å². The molecule has 1 saturated heterocycles. The van der Waals surface area contributed by atoms with E-state index in [1.807, 2.05) is 12.1 Å². The van der Waals surface area contributed by atoms with Crippen molar-refractivity contribution in [3.8, 4) is 11.5 Å². The lowest BCUT2D eigenvalue weighted by molar-refractivity contribution is -0.143. The first kappa shape index (κ1) is 18.7. The van der Waals surface area contributed by atoms with Gasteiger partial charge in [-0.05, 0) is 54.8 Å². The van der Waals surface area contributed by atoms with Gasteiger partial charge in [0.25, 0.3) is 0 Å². The Morgan fingerprint density at radius 1 is 1.04 bits per heavy atom. The van der Waals surface area contributed by atoms with Gasteiger partial charge in [0.15, 0.2) is 0 Å². The van der Waals surface area contributed by atoms with Crippen LogP contribution in [0.25, 0.3) is 0 Å². The molecule has 0 unspecified atom stereocenters. The third kappa shape index (κ3) is 5.20. The van der Waals surface area contributed by atoms with E-state index in [0.717, 1.165) is 5.56 Å². The van der Waals surface area contributed by atoms with Crippen LogP contribution in [0.15, 0.2) is 48.5 Å². The van der Waals surface area contributed by atoms with E-state index in [2.05, 4.69) is 5.32 Å². The van der Waals surface area contributed by atoms with Crippen molar-refractivity contribution in [2.75, 3.05) is 13.1 Å². The maximum Gasteiger partial charge on any atom is 0.317 e. The van der Waals surface area contributed by atoms with Crippen LogP contribution < -0.4 is 10.1 Å². The zero-order valence-corrected chi connectivity index (χ0v) is 14.7. The largest absolute Gasteiger partial charge is 0.481 e. The molecule has 2 amide bonds. The van der Waals surface area contributed by atoms with Crippen LogP contribution in [0.4, 0.5) is 9.18 Å². The molecule has 0 radical (unpaired) electrons. The summed E-state index contributed by atoms with van der Waals surface area (Å²) < 4.78 is 18.5. The van der Waals surface area contributed by atoms with Gasteiger partial charge in [-0.2, -0.15) is 0 Å². The lowest BCUT2D eigenvalue weighted by atomic mass is 9.97. The number of ether oxygens (including phenoxy) is 1. The summed E-state index contributed by atoms with van der Waals surface area (Å²) >= 11 is 0. The number of carboxylic acids is 1. The van der Waals surface area contributed by atoms with E-state index in [4.69, 9.17) is 9.84 Å². The minimum absolute atomic E-state index is 0.189. The average molecular weight is 372 g/mol. The number of hydrogen-bond donors (Lipinski definition) is 2. The first-order valence-electron chi connectivity index (χ1n) is 8.79. The molecule has 0 bridgehead atoms. The molecule has 0 aromatic heterocycles. The zero-order chi connectivity index (χ0) is 19.2. The number of nitrogens with one attached hydrogen (secondary N) is 1. The smallest absolute Gasteiger partial charge is 0.317 e. The second-order valence-electron chi connectivity index (χ2n) is 6.46. The topological polar surface area (TPSA) is 78.9 Å². The summed E-state index contributed by atoms with van der Waals surface area (Å²) in [7, 11) is 0. The summed E-state index contributed by atoms with van der Waals surface area (Å²) in [6.45, 7) is 1.27. The van der Waals surface area contributed by atoms with Crippen LogP contribution in [0.1, 0.15) is 18.4 Å². The normalized spacial score (nSPS) is 14.6. The molecule has 2 aromatic rings. The minimum atomic E-state index is -0.794. The van der Waals surface area contributed by atoms with Crippen molar-refractivity contribution >= 4 is 12.0 Å². The summed E-state index contributed by atoms with van der Waals surface area (Å²) in [5, 5.41) is 11.8. The Morgan fingerprint density at radius 3 is 2.15 bits per heavy atom. The van der Waals surface area contributed by atoms with E-state index in [1.165, 1.54) is 12.1 Å². The molecule has 1 fully saturated rings. The van der Waals surface area contributed by atoms with Crippen molar-refractivity contribution in [2.24, 2.45) is 5.92 Å². The summed E-state index contributed by atoms with van der Waals surface area (Å²) in [6, 6.07) is 12.8. The number of hydrogen-bond acceptors (Lipinski definition) is 3. The van der Waals surface area contributed by atoms with Crippen molar-refractivity contribution in [2.45, 2.75) is 19.4 Å². The van der Waals surface area contributed by atoms with Crippen molar-refractivity contribution in [3.63, 3.8) is 0 Å². The molecule has 2 N–H and O–H groups in total. The maximum absolute atomic E-state index is 12.9. The molecule has 1 heterocycles. The highest BCUT2D eigenvalue weighted by atomic mass is 19.1. The van der Waals surface area contributed by atoms with Crippen LogP contribution in [-0.2, 0) is 11.3 Å². The Kier molecular flexibility index (Phi) is 5.90. The first-order valence-corrected chi connectivity index (χ1v) is 8.79. The summed E-state index contributed by atoms with van der Waals surface area (Å²) in [5.74, 6) is -0.309. The van der Waals surface area contributed by atoms with Gasteiger partial charge >= 0.3 is 12.0 Å². The molecule has 142 valence electrons. The molecule has 1 aliphatic heterocycles. The van der Waals surface area contributed by atoms with Crippen molar-refractivity contribution in [3.05, 3.63) is 59.9 Å². The Hall–Kier alpha value is -3.09. The van der Waals surface area contributed by atoms with Crippen molar-refractivity contribution in [1.82, 2.24) is 10.2 Å². The van der Waals surface area contributed by atoms with E-state index in [9.17, 15) is 14.0 Å². The lowest BCUT2D eigenvalue weighted by Crippen LogP contribution is -2.45. The van der Waals surface area contributed by atoms with Crippen LogP contribution in [0, 0.1) is 11.7 Å². The first-order chi connectivity index (χ1) is 13.0. The monoisotopic (exact) mass is 372 g/mol.